The average Bonchev–Trinajstić information content (AvgIpc) is 2.73. The van der Waals surface area contributed by atoms with Gasteiger partial charge in [0.15, 0.2) is 0 Å². The lowest BCUT2D eigenvalue weighted by molar-refractivity contribution is 0.0593. The summed E-state index contributed by atoms with van der Waals surface area (Å²) < 4.78 is 5.65. The molecule has 140 valence electrons. The van der Waals surface area contributed by atoms with Crippen molar-refractivity contribution in [3.05, 3.63) is 72.4 Å². The number of aliphatic hydroxyl groups excluding tert-OH is 1. The molecule has 27 heavy (non-hydrogen) atoms. The van der Waals surface area contributed by atoms with Gasteiger partial charge in [-0.25, -0.2) is 0 Å². The van der Waals surface area contributed by atoms with Crippen molar-refractivity contribution < 1.29 is 9.84 Å². The first-order chi connectivity index (χ1) is 13.3. The van der Waals surface area contributed by atoms with E-state index in [0.717, 1.165) is 37.2 Å². The normalized spacial score (nSPS) is 17.1. The van der Waals surface area contributed by atoms with Gasteiger partial charge in [-0.3, -0.25) is 4.98 Å². The van der Waals surface area contributed by atoms with Crippen molar-refractivity contribution in [1.29, 1.82) is 0 Å². The molecule has 1 aromatic heterocycles. The minimum atomic E-state index is -0.472. The van der Waals surface area contributed by atoms with E-state index >= 15 is 0 Å². The van der Waals surface area contributed by atoms with Gasteiger partial charge in [0.05, 0.1) is 5.52 Å². The number of hydrogen-bond donors (Lipinski definition) is 1. The summed E-state index contributed by atoms with van der Waals surface area (Å²) in [4.78, 5) is 7.19. The Balaban J connectivity index is 1.26. The second-order valence-electron chi connectivity index (χ2n) is 7.28. The fourth-order valence-corrected chi connectivity index (χ4v) is 3.78. The van der Waals surface area contributed by atoms with E-state index in [4.69, 9.17) is 9.72 Å². The number of pyridine rings is 1. The minimum Gasteiger partial charge on any atom is -0.491 e. The standard InChI is InChI=1S/C23H26N2O2/c26-20(17-27-21-7-2-1-3-8-21)16-25-14-12-19(13-15-25)23-11-10-18-6-4-5-9-22(18)24-23/h1-11,19-20,26H,12-17H2. The summed E-state index contributed by atoms with van der Waals surface area (Å²) in [5.41, 5.74) is 2.27. The van der Waals surface area contributed by atoms with Gasteiger partial charge in [0, 0.05) is 23.5 Å². The lowest BCUT2D eigenvalue weighted by atomic mass is 9.92. The highest BCUT2D eigenvalue weighted by Crippen LogP contribution is 2.28. The number of hydrogen-bond acceptors (Lipinski definition) is 4. The zero-order valence-corrected chi connectivity index (χ0v) is 15.5. The fraction of sp³-hybridized carbons (Fsp3) is 0.348. The number of nitrogens with zero attached hydrogens (tertiary/aromatic N) is 2. The first-order valence-corrected chi connectivity index (χ1v) is 9.72. The van der Waals surface area contributed by atoms with Gasteiger partial charge in [0.25, 0.3) is 0 Å². The van der Waals surface area contributed by atoms with Gasteiger partial charge in [0.1, 0.15) is 18.5 Å². The van der Waals surface area contributed by atoms with Crippen LogP contribution in [0.4, 0.5) is 0 Å². The Morgan fingerprint density at radius 3 is 2.52 bits per heavy atom. The maximum absolute atomic E-state index is 10.3. The van der Waals surface area contributed by atoms with E-state index in [1.807, 2.05) is 36.4 Å². The van der Waals surface area contributed by atoms with Crippen LogP contribution in [-0.4, -0.2) is 47.3 Å². The van der Waals surface area contributed by atoms with Crippen LogP contribution in [0.2, 0.25) is 0 Å². The molecule has 2 aromatic carbocycles. The topological polar surface area (TPSA) is 45.6 Å². The lowest BCUT2D eigenvalue weighted by Crippen LogP contribution is -2.40. The van der Waals surface area contributed by atoms with Crippen LogP contribution in [0.3, 0.4) is 0 Å². The smallest absolute Gasteiger partial charge is 0.119 e. The summed E-state index contributed by atoms with van der Waals surface area (Å²) in [6.07, 6.45) is 1.69. The summed E-state index contributed by atoms with van der Waals surface area (Å²) >= 11 is 0. The molecule has 0 aliphatic carbocycles. The maximum Gasteiger partial charge on any atom is 0.119 e. The molecular formula is C23H26N2O2. The second kappa shape index (κ2) is 8.51. The number of rotatable bonds is 6. The molecule has 3 aromatic rings. The van der Waals surface area contributed by atoms with E-state index in [1.54, 1.807) is 0 Å². The van der Waals surface area contributed by atoms with Crippen molar-refractivity contribution in [2.24, 2.45) is 0 Å². The summed E-state index contributed by atoms with van der Waals surface area (Å²) in [7, 11) is 0. The maximum atomic E-state index is 10.3. The van der Waals surface area contributed by atoms with Crippen LogP contribution < -0.4 is 4.74 Å². The van der Waals surface area contributed by atoms with Crippen molar-refractivity contribution >= 4 is 10.9 Å². The SMILES string of the molecule is OC(COc1ccccc1)CN1CCC(c2ccc3ccccc3n2)CC1. The Kier molecular flexibility index (Phi) is 5.66. The van der Waals surface area contributed by atoms with Gasteiger partial charge < -0.3 is 14.7 Å². The third kappa shape index (κ3) is 4.65. The summed E-state index contributed by atoms with van der Waals surface area (Å²) in [5.74, 6) is 1.31. The average molecular weight is 362 g/mol. The molecule has 1 fully saturated rings. The molecule has 0 bridgehead atoms. The Morgan fingerprint density at radius 1 is 0.963 bits per heavy atom. The molecule has 4 heteroatoms. The van der Waals surface area contributed by atoms with Gasteiger partial charge in [0.2, 0.25) is 0 Å². The Bertz CT molecular complexity index is 860. The summed E-state index contributed by atoms with van der Waals surface area (Å²) in [6.45, 7) is 2.96. The third-order valence-corrected chi connectivity index (χ3v) is 5.28. The molecule has 1 aliphatic rings. The highest BCUT2D eigenvalue weighted by molar-refractivity contribution is 5.78. The van der Waals surface area contributed by atoms with E-state index in [0.29, 0.717) is 19.1 Å². The van der Waals surface area contributed by atoms with Gasteiger partial charge in [-0.1, -0.05) is 42.5 Å². The van der Waals surface area contributed by atoms with Crippen molar-refractivity contribution in [3.63, 3.8) is 0 Å². The molecule has 1 aliphatic heterocycles. The van der Waals surface area contributed by atoms with Gasteiger partial charge in [-0.05, 0) is 50.2 Å². The van der Waals surface area contributed by atoms with Crippen molar-refractivity contribution in [1.82, 2.24) is 9.88 Å². The number of benzene rings is 2. The molecular weight excluding hydrogens is 336 g/mol. The van der Waals surface area contributed by atoms with Crippen LogP contribution in [0.15, 0.2) is 66.7 Å². The van der Waals surface area contributed by atoms with Crippen molar-refractivity contribution in [2.75, 3.05) is 26.2 Å². The molecule has 1 unspecified atom stereocenters. The Morgan fingerprint density at radius 2 is 1.70 bits per heavy atom. The predicted molar refractivity (Wildman–Crippen MR) is 108 cm³/mol. The van der Waals surface area contributed by atoms with Gasteiger partial charge >= 0.3 is 0 Å². The molecule has 0 saturated carbocycles. The van der Waals surface area contributed by atoms with E-state index in [9.17, 15) is 5.11 Å². The monoisotopic (exact) mass is 362 g/mol. The zero-order chi connectivity index (χ0) is 18.5. The number of ether oxygens (including phenoxy) is 1. The van der Waals surface area contributed by atoms with Gasteiger partial charge in [-0.2, -0.15) is 0 Å². The van der Waals surface area contributed by atoms with Crippen LogP contribution in [0, 0.1) is 0 Å². The Hall–Kier alpha value is -2.43. The summed E-state index contributed by atoms with van der Waals surface area (Å²) in [6, 6.07) is 22.3. The minimum absolute atomic E-state index is 0.330. The van der Waals surface area contributed by atoms with E-state index in [-0.39, 0.29) is 0 Å². The summed E-state index contributed by atoms with van der Waals surface area (Å²) in [5, 5.41) is 11.5. The molecule has 4 rings (SSSR count). The highest BCUT2D eigenvalue weighted by Gasteiger charge is 2.23. The van der Waals surface area contributed by atoms with E-state index in [1.165, 1.54) is 11.1 Å². The number of para-hydroxylation sites is 2. The molecule has 0 radical (unpaired) electrons. The first-order valence-electron chi connectivity index (χ1n) is 9.72. The first kappa shape index (κ1) is 18.0. The number of piperidine rings is 1. The van der Waals surface area contributed by atoms with Crippen LogP contribution in [0.1, 0.15) is 24.5 Å². The number of β-amino-alcohol motifs (C(OH)–C–C–N with tert-alkyl or cyclic N) is 1. The van der Waals surface area contributed by atoms with Crippen molar-refractivity contribution in [2.45, 2.75) is 24.9 Å². The van der Waals surface area contributed by atoms with Crippen LogP contribution in [-0.2, 0) is 0 Å². The quantitative estimate of drug-likeness (QED) is 0.723. The van der Waals surface area contributed by atoms with Gasteiger partial charge in [-0.15, -0.1) is 0 Å². The Labute approximate surface area is 160 Å². The lowest BCUT2D eigenvalue weighted by Gasteiger charge is -2.33. The molecule has 0 amide bonds. The molecule has 2 heterocycles. The predicted octanol–water partition coefficient (Wildman–Crippen LogP) is 3.85. The molecule has 0 spiro atoms. The molecule has 4 nitrogen and oxygen atoms in total. The fourth-order valence-electron chi connectivity index (χ4n) is 3.78. The zero-order valence-electron chi connectivity index (χ0n) is 15.5. The number of aliphatic hydroxyl groups is 1. The number of fused-ring (bicyclic) bond motifs is 1. The second-order valence-corrected chi connectivity index (χ2v) is 7.28. The van der Waals surface area contributed by atoms with Crippen LogP contribution >= 0.6 is 0 Å². The number of aromatic nitrogens is 1. The largest absolute Gasteiger partial charge is 0.491 e. The number of likely N-dealkylation sites (tertiary alicyclic amines) is 1. The van der Waals surface area contributed by atoms with E-state index in [2.05, 4.69) is 35.2 Å². The molecule has 1 atom stereocenters. The van der Waals surface area contributed by atoms with E-state index < -0.39 is 6.10 Å². The van der Waals surface area contributed by atoms with Crippen molar-refractivity contribution in [3.8, 4) is 5.75 Å². The molecule has 1 saturated heterocycles. The third-order valence-electron chi connectivity index (χ3n) is 5.28. The van der Waals surface area contributed by atoms with Crippen LogP contribution in [0.25, 0.3) is 10.9 Å². The highest BCUT2D eigenvalue weighted by atomic mass is 16.5. The molecule has 1 N–H and O–H groups in total. The van der Waals surface area contributed by atoms with Crippen LogP contribution in [0.5, 0.6) is 5.75 Å².